The van der Waals surface area contributed by atoms with E-state index >= 15 is 0 Å². The molecular weight excluding hydrogens is 257 g/mol. The molecule has 0 heterocycles. The standard InChI is InChI=1S/C16H16FNO2/c1-20-10-9-18-16(19)13-7-5-12(6-8-13)14-3-2-4-15(17)11-14/h2-8,11H,9-10H2,1H3,(H,18,19). The SMILES string of the molecule is COCCNC(=O)c1ccc(-c2cccc(F)c2)cc1. The molecule has 0 aliphatic rings. The van der Waals surface area contributed by atoms with E-state index in [-0.39, 0.29) is 11.7 Å². The number of hydrogen-bond acceptors (Lipinski definition) is 2. The van der Waals surface area contributed by atoms with Gasteiger partial charge in [-0.3, -0.25) is 4.79 Å². The molecule has 2 aromatic carbocycles. The molecule has 0 aliphatic heterocycles. The number of carbonyl (C=O) groups is 1. The lowest BCUT2D eigenvalue weighted by atomic mass is 10.0. The highest BCUT2D eigenvalue weighted by molar-refractivity contribution is 5.94. The monoisotopic (exact) mass is 273 g/mol. The van der Waals surface area contributed by atoms with E-state index in [9.17, 15) is 9.18 Å². The van der Waals surface area contributed by atoms with Crippen molar-refractivity contribution in [2.24, 2.45) is 0 Å². The van der Waals surface area contributed by atoms with Crippen molar-refractivity contribution in [2.75, 3.05) is 20.3 Å². The quantitative estimate of drug-likeness (QED) is 0.851. The van der Waals surface area contributed by atoms with Crippen LogP contribution in [0, 0.1) is 5.82 Å². The first-order valence-corrected chi connectivity index (χ1v) is 6.34. The fourth-order valence-corrected chi connectivity index (χ4v) is 1.85. The molecule has 3 nitrogen and oxygen atoms in total. The summed E-state index contributed by atoms with van der Waals surface area (Å²) >= 11 is 0. The highest BCUT2D eigenvalue weighted by atomic mass is 19.1. The fraction of sp³-hybridized carbons (Fsp3) is 0.188. The summed E-state index contributed by atoms with van der Waals surface area (Å²) in [5.41, 5.74) is 2.23. The summed E-state index contributed by atoms with van der Waals surface area (Å²) in [6.45, 7) is 0.952. The molecule has 4 heteroatoms. The number of ether oxygens (including phenoxy) is 1. The van der Waals surface area contributed by atoms with Crippen molar-refractivity contribution < 1.29 is 13.9 Å². The second-order valence-electron chi connectivity index (χ2n) is 4.34. The first kappa shape index (κ1) is 14.2. The molecule has 104 valence electrons. The predicted octanol–water partition coefficient (Wildman–Crippen LogP) is 2.87. The Morgan fingerprint density at radius 1 is 1.15 bits per heavy atom. The van der Waals surface area contributed by atoms with Gasteiger partial charge in [-0.2, -0.15) is 0 Å². The molecule has 20 heavy (non-hydrogen) atoms. The molecule has 1 amide bonds. The summed E-state index contributed by atoms with van der Waals surface area (Å²) in [6, 6.07) is 13.4. The molecular formula is C16H16FNO2. The van der Waals surface area contributed by atoms with Crippen molar-refractivity contribution in [3.8, 4) is 11.1 Å². The van der Waals surface area contributed by atoms with Crippen LogP contribution in [-0.2, 0) is 4.74 Å². The van der Waals surface area contributed by atoms with Gasteiger partial charge in [0.15, 0.2) is 0 Å². The molecule has 0 unspecified atom stereocenters. The van der Waals surface area contributed by atoms with Crippen molar-refractivity contribution in [3.63, 3.8) is 0 Å². The van der Waals surface area contributed by atoms with Crippen LogP contribution in [0.5, 0.6) is 0 Å². The van der Waals surface area contributed by atoms with Crippen LogP contribution < -0.4 is 5.32 Å². The van der Waals surface area contributed by atoms with Crippen LogP contribution >= 0.6 is 0 Å². The Kier molecular flexibility index (Phi) is 4.85. The van der Waals surface area contributed by atoms with E-state index < -0.39 is 0 Å². The van der Waals surface area contributed by atoms with E-state index in [0.29, 0.717) is 18.7 Å². The van der Waals surface area contributed by atoms with Gasteiger partial charge in [0.2, 0.25) is 0 Å². The maximum atomic E-state index is 13.2. The molecule has 2 aromatic rings. The number of nitrogens with one attached hydrogen (secondary N) is 1. The van der Waals surface area contributed by atoms with Crippen molar-refractivity contribution in [1.29, 1.82) is 0 Å². The number of benzene rings is 2. The number of methoxy groups -OCH3 is 1. The summed E-state index contributed by atoms with van der Waals surface area (Å²) in [5, 5.41) is 2.74. The van der Waals surface area contributed by atoms with Crippen molar-refractivity contribution in [1.82, 2.24) is 5.32 Å². The Bertz CT molecular complexity index is 581. The summed E-state index contributed by atoms with van der Waals surface area (Å²) in [4.78, 5) is 11.8. The summed E-state index contributed by atoms with van der Waals surface area (Å²) < 4.78 is 18.0. The molecule has 0 aliphatic carbocycles. The fourth-order valence-electron chi connectivity index (χ4n) is 1.85. The van der Waals surface area contributed by atoms with Gasteiger partial charge in [0.05, 0.1) is 6.61 Å². The molecule has 1 N–H and O–H groups in total. The molecule has 0 fully saturated rings. The van der Waals surface area contributed by atoms with Crippen LogP contribution in [0.4, 0.5) is 4.39 Å². The Balaban J connectivity index is 2.08. The Labute approximate surface area is 117 Å². The number of carbonyl (C=O) groups excluding carboxylic acids is 1. The van der Waals surface area contributed by atoms with Crippen LogP contribution in [0.25, 0.3) is 11.1 Å². The summed E-state index contributed by atoms with van der Waals surface area (Å²) in [6.07, 6.45) is 0. The maximum absolute atomic E-state index is 13.2. The molecule has 0 saturated carbocycles. The zero-order valence-electron chi connectivity index (χ0n) is 11.2. The lowest BCUT2D eigenvalue weighted by Gasteiger charge is -2.06. The number of amides is 1. The average Bonchev–Trinajstić information content (AvgIpc) is 2.47. The second-order valence-corrected chi connectivity index (χ2v) is 4.34. The predicted molar refractivity (Wildman–Crippen MR) is 76.0 cm³/mol. The Hall–Kier alpha value is -2.20. The number of rotatable bonds is 5. The van der Waals surface area contributed by atoms with Gasteiger partial charge in [0.25, 0.3) is 5.91 Å². The summed E-state index contributed by atoms with van der Waals surface area (Å²) in [7, 11) is 1.58. The van der Waals surface area contributed by atoms with Crippen LogP contribution in [0.2, 0.25) is 0 Å². The van der Waals surface area contributed by atoms with Gasteiger partial charge in [-0.05, 0) is 35.4 Å². The van der Waals surface area contributed by atoms with Gasteiger partial charge in [0, 0.05) is 19.2 Å². The van der Waals surface area contributed by atoms with E-state index in [0.717, 1.165) is 11.1 Å². The lowest BCUT2D eigenvalue weighted by molar-refractivity contribution is 0.0937. The van der Waals surface area contributed by atoms with E-state index in [4.69, 9.17) is 4.74 Å². The van der Waals surface area contributed by atoms with Gasteiger partial charge in [-0.15, -0.1) is 0 Å². The minimum atomic E-state index is -0.274. The van der Waals surface area contributed by atoms with Crippen LogP contribution in [0.1, 0.15) is 10.4 Å². The largest absolute Gasteiger partial charge is 0.383 e. The normalized spacial score (nSPS) is 10.3. The van der Waals surface area contributed by atoms with Gasteiger partial charge < -0.3 is 10.1 Å². The highest BCUT2D eigenvalue weighted by Gasteiger charge is 2.05. The molecule has 0 aromatic heterocycles. The first-order valence-electron chi connectivity index (χ1n) is 6.34. The molecule has 2 rings (SSSR count). The highest BCUT2D eigenvalue weighted by Crippen LogP contribution is 2.20. The Morgan fingerprint density at radius 3 is 2.55 bits per heavy atom. The van der Waals surface area contributed by atoms with Gasteiger partial charge in [-0.1, -0.05) is 24.3 Å². The van der Waals surface area contributed by atoms with Gasteiger partial charge in [-0.25, -0.2) is 4.39 Å². The Morgan fingerprint density at radius 2 is 1.90 bits per heavy atom. The van der Waals surface area contributed by atoms with Crippen molar-refractivity contribution in [2.45, 2.75) is 0 Å². The van der Waals surface area contributed by atoms with E-state index in [2.05, 4.69) is 5.32 Å². The molecule has 0 spiro atoms. The molecule has 0 bridgehead atoms. The molecule has 0 saturated heterocycles. The topological polar surface area (TPSA) is 38.3 Å². The summed E-state index contributed by atoms with van der Waals surface area (Å²) in [5.74, 6) is -0.420. The van der Waals surface area contributed by atoms with Crippen molar-refractivity contribution >= 4 is 5.91 Å². The van der Waals surface area contributed by atoms with Gasteiger partial charge in [0.1, 0.15) is 5.82 Å². The van der Waals surface area contributed by atoms with Gasteiger partial charge >= 0.3 is 0 Å². The number of halogens is 1. The van der Waals surface area contributed by atoms with E-state index in [1.165, 1.54) is 12.1 Å². The first-order chi connectivity index (χ1) is 9.70. The zero-order chi connectivity index (χ0) is 14.4. The smallest absolute Gasteiger partial charge is 0.251 e. The lowest BCUT2D eigenvalue weighted by Crippen LogP contribution is -2.26. The van der Waals surface area contributed by atoms with Crippen LogP contribution in [0.3, 0.4) is 0 Å². The van der Waals surface area contributed by atoms with E-state index in [1.807, 2.05) is 6.07 Å². The third-order valence-electron chi connectivity index (χ3n) is 2.90. The third kappa shape index (κ3) is 3.65. The van der Waals surface area contributed by atoms with Crippen LogP contribution in [0.15, 0.2) is 48.5 Å². The van der Waals surface area contributed by atoms with Crippen LogP contribution in [-0.4, -0.2) is 26.2 Å². The number of hydrogen-bond donors (Lipinski definition) is 1. The maximum Gasteiger partial charge on any atom is 0.251 e. The van der Waals surface area contributed by atoms with E-state index in [1.54, 1.807) is 37.4 Å². The minimum Gasteiger partial charge on any atom is -0.383 e. The molecule has 0 radical (unpaired) electrons. The zero-order valence-corrected chi connectivity index (χ0v) is 11.2. The average molecular weight is 273 g/mol. The minimum absolute atomic E-state index is 0.146. The molecule has 0 atom stereocenters. The second kappa shape index (κ2) is 6.82. The van der Waals surface area contributed by atoms with Crippen molar-refractivity contribution in [3.05, 3.63) is 59.9 Å². The third-order valence-corrected chi connectivity index (χ3v) is 2.90.